The van der Waals surface area contributed by atoms with Crippen molar-refractivity contribution in [3.8, 4) is 11.5 Å². The van der Waals surface area contributed by atoms with Gasteiger partial charge in [-0.05, 0) is 48.5 Å². The van der Waals surface area contributed by atoms with Crippen LogP contribution in [-0.2, 0) is 4.79 Å². The van der Waals surface area contributed by atoms with Crippen molar-refractivity contribution < 1.29 is 9.53 Å². The maximum atomic E-state index is 12.1. The third kappa shape index (κ3) is 5.87. The minimum absolute atomic E-state index is 0.139. The molecule has 1 aromatic heterocycles. The third-order valence-electron chi connectivity index (χ3n) is 3.27. The summed E-state index contributed by atoms with van der Waals surface area (Å²) in [5.41, 5.74) is 11.9. The van der Waals surface area contributed by atoms with Crippen molar-refractivity contribution in [1.82, 2.24) is 9.97 Å². The number of benzene rings is 2. The molecule has 0 aliphatic rings. The second-order valence-electron chi connectivity index (χ2n) is 5.42. The summed E-state index contributed by atoms with van der Waals surface area (Å²) in [6, 6.07) is 16.1. The number of thioether (sulfide) groups is 1. The Morgan fingerprint density at radius 2 is 1.56 bits per heavy atom. The molecule has 9 heteroatoms. The summed E-state index contributed by atoms with van der Waals surface area (Å²) in [6.45, 7) is 0. The molecule has 138 valence electrons. The van der Waals surface area contributed by atoms with Gasteiger partial charge in [0.05, 0.1) is 5.75 Å². The molecule has 0 saturated heterocycles. The monoisotopic (exact) mass is 445 g/mol. The molecule has 3 aromatic rings. The predicted octanol–water partition coefficient (Wildman–Crippen LogP) is 3.93. The van der Waals surface area contributed by atoms with E-state index in [4.69, 9.17) is 16.2 Å². The summed E-state index contributed by atoms with van der Waals surface area (Å²) >= 11 is 4.54. The van der Waals surface area contributed by atoms with E-state index in [1.54, 1.807) is 24.3 Å². The van der Waals surface area contributed by atoms with E-state index in [1.807, 2.05) is 24.3 Å². The number of hydrogen-bond donors (Lipinski definition) is 3. The Hall–Kier alpha value is -2.78. The number of nitrogens with two attached hydrogens (primary N) is 2. The van der Waals surface area contributed by atoms with Crippen molar-refractivity contribution in [2.75, 3.05) is 22.5 Å². The highest BCUT2D eigenvalue weighted by molar-refractivity contribution is 9.10. The minimum Gasteiger partial charge on any atom is -0.457 e. The summed E-state index contributed by atoms with van der Waals surface area (Å²) < 4.78 is 6.73. The number of ether oxygens (including phenoxy) is 1. The van der Waals surface area contributed by atoms with Crippen LogP contribution in [0.15, 0.2) is 64.2 Å². The summed E-state index contributed by atoms with van der Waals surface area (Å²) in [7, 11) is 0. The molecule has 0 bridgehead atoms. The number of nitrogens with zero attached hydrogens (tertiary/aromatic N) is 2. The quantitative estimate of drug-likeness (QED) is 0.388. The summed E-state index contributed by atoms with van der Waals surface area (Å²) in [4.78, 5) is 20.1. The lowest BCUT2D eigenvalue weighted by molar-refractivity contribution is -0.113. The first kappa shape index (κ1) is 19.0. The molecule has 0 atom stereocenters. The van der Waals surface area contributed by atoms with Crippen LogP contribution in [0, 0.1) is 0 Å². The van der Waals surface area contributed by atoms with Crippen molar-refractivity contribution >= 4 is 50.9 Å². The minimum atomic E-state index is -0.189. The second kappa shape index (κ2) is 8.74. The van der Waals surface area contributed by atoms with Gasteiger partial charge in [-0.2, -0.15) is 0 Å². The van der Waals surface area contributed by atoms with Crippen LogP contribution in [-0.4, -0.2) is 21.6 Å². The van der Waals surface area contributed by atoms with Crippen LogP contribution in [0.25, 0.3) is 0 Å². The van der Waals surface area contributed by atoms with Gasteiger partial charge in [0.1, 0.15) is 23.1 Å². The Bertz CT molecular complexity index is 915. The van der Waals surface area contributed by atoms with Gasteiger partial charge in [-0.15, -0.1) is 0 Å². The Morgan fingerprint density at radius 3 is 2.15 bits per heavy atom. The van der Waals surface area contributed by atoms with Crippen molar-refractivity contribution in [3.05, 3.63) is 59.1 Å². The Labute approximate surface area is 168 Å². The van der Waals surface area contributed by atoms with Crippen LogP contribution >= 0.6 is 27.7 Å². The number of carbonyl (C=O) groups excluding carboxylic acids is 1. The van der Waals surface area contributed by atoms with Gasteiger partial charge in [-0.3, -0.25) is 4.79 Å². The highest BCUT2D eigenvalue weighted by Gasteiger charge is 2.07. The predicted molar refractivity (Wildman–Crippen MR) is 111 cm³/mol. The van der Waals surface area contributed by atoms with Crippen LogP contribution < -0.4 is 21.5 Å². The van der Waals surface area contributed by atoms with Gasteiger partial charge in [0.2, 0.25) is 5.91 Å². The van der Waals surface area contributed by atoms with Crippen molar-refractivity contribution in [1.29, 1.82) is 0 Å². The lowest BCUT2D eigenvalue weighted by atomic mass is 10.3. The molecular weight excluding hydrogens is 430 g/mol. The van der Waals surface area contributed by atoms with Crippen molar-refractivity contribution in [3.63, 3.8) is 0 Å². The van der Waals surface area contributed by atoms with E-state index in [9.17, 15) is 4.79 Å². The molecule has 0 saturated carbocycles. The first-order valence-electron chi connectivity index (χ1n) is 7.84. The number of anilines is 3. The highest BCUT2D eigenvalue weighted by Crippen LogP contribution is 2.24. The van der Waals surface area contributed by atoms with Crippen molar-refractivity contribution in [2.45, 2.75) is 5.16 Å². The Morgan fingerprint density at radius 1 is 1.00 bits per heavy atom. The van der Waals surface area contributed by atoms with Crippen LogP contribution in [0.5, 0.6) is 11.5 Å². The van der Waals surface area contributed by atoms with E-state index in [0.717, 1.165) is 22.0 Å². The summed E-state index contributed by atoms with van der Waals surface area (Å²) in [6.07, 6.45) is 0. The molecular formula is C18H16BrN5O2S. The number of hydrogen-bond acceptors (Lipinski definition) is 7. The van der Waals surface area contributed by atoms with Gasteiger partial charge < -0.3 is 21.5 Å². The van der Waals surface area contributed by atoms with Crippen LogP contribution in [0.4, 0.5) is 17.3 Å². The molecule has 0 unspecified atom stereocenters. The lowest BCUT2D eigenvalue weighted by Gasteiger charge is -2.08. The third-order valence-corrected chi connectivity index (χ3v) is 4.64. The van der Waals surface area contributed by atoms with Gasteiger partial charge in [0.15, 0.2) is 5.16 Å². The summed E-state index contributed by atoms with van der Waals surface area (Å²) in [5, 5.41) is 3.16. The molecule has 0 aliphatic carbocycles. The lowest BCUT2D eigenvalue weighted by Crippen LogP contribution is -2.14. The maximum absolute atomic E-state index is 12.1. The molecule has 0 spiro atoms. The van der Waals surface area contributed by atoms with Gasteiger partial charge in [0.25, 0.3) is 0 Å². The highest BCUT2D eigenvalue weighted by atomic mass is 79.9. The van der Waals surface area contributed by atoms with Crippen LogP contribution in [0.2, 0.25) is 0 Å². The van der Waals surface area contributed by atoms with E-state index in [1.165, 1.54) is 6.07 Å². The number of nitrogens with one attached hydrogen (secondary N) is 1. The first-order chi connectivity index (χ1) is 13.0. The largest absolute Gasteiger partial charge is 0.457 e. The smallest absolute Gasteiger partial charge is 0.234 e. The van der Waals surface area contributed by atoms with E-state index in [0.29, 0.717) is 16.6 Å². The zero-order valence-electron chi connectivity index (χ0n) is 14.1. The molecule has 27 heavy (non-hydrogen) atoms. The number of rotatable bonds is 6. The Balaban J connectivity index is 1.52. The molecule has 0 fully saturated rings. The zero-order valence-corrected chi connectivity index (χ0v) is 16.5. The number of amides is 1. The second-order valence-corrected chi connectivity index (χ2v) is 7.28. The van der Waals surface area contributed by atoms with E-state index >= 15 is 0 Å². The van der Waals surface area contributed by atoms with Crippen LogP contribution in [0.3, 0.4) is 0 Å². The normalized spacial score (nSPS) is 10.4. The molecule has 1 heterocycles. The average Bonchev–Trinajstić information content (AvgIpc) is 2.63. The molecule has 1 amide bonds. The van der Waals surface area contributed by atoms with Crippen molar-refractivity contribution in [2.24, 2.45) is 0 Å². The fourth-order valence-electron chi connectivity index (χ4n) is 2.10. The topological polar surface area (TPSA) is 116 Å². The fraction of sp³-hybridized carbons (Fsp3) is 0.0556. The van der Waals surface area contributed by atoms with E-state index in [2.05, 4.69) is 31.2 Å². The van der Waals surface area contributed by atoms with Gasteiger partial charge in [-0.25, -0.2) is 9.97 Å². The number of carbonyl (C=O) groups is 1. The zero-order chi connectivity index (χ0) is 19.2. The molecule has 5 N–H and O–H groups in total. The first-order valence-corrected chi connectivity index (χ1v) is 9.62. The number of nitrogen functional groups attached to an aromatic ring is 2. The van der Waals surface area contributed by atoms with Gasteiger partial charge in [-0.1, -0.05) is 27.7 Å². The van der Waals surface area contributed by atoms with E-state index < -0.39 is 0 Å². The molecule has 2 aromatic carbocycles. The fourth-order valence-corrected chi connectivity index (χ4v) is 3.04. The Kier molecular flexibility index (Phi) is 6.15. The molecule has 3 rings (SSSR count). The SMILES string of the molecule is Nc1cc(N)nc(SCC(=O)Nc2ccc(Oc3ccc(Br)cc3)cc2)n1. The van der Waals surface area contributed by atoms with Crippen LogP contribution in [0.1, 0.15) is 0 Å². The number of aromatic nitrogens is 2. The maximum Gasteiger partial charge on any atom is 0.234 e. The average molecular weight is 446 g/mol. The molecule has 7 nitrogen and oxygen atoms in total. The van der Waals surface area contributed by atoms with E-state index in [-0.39, 0.29) is 23.3 Å². The standard InChI is InChI=1S/C18H16BrN5O2S/c19-11-1-5-13(6-2-11)26-14-7-3-12(4-8-14)22-17(25)10-27-18-23-15(20)9-16(21)24-18/h1-9H,10H2,(H,22,25)(H4,20,21,23,24). The molecule has 0 radical (unpaired) electrons. The van der Waals surface area contributed by atoms with Gasteiger partial charge in [0, 0.05) is 16.2 Å². The molecule has 0 aliphatic heterocycles. The number of halogens is 1. The summed E-state index contributed by atoms with van der Waals surface area (Å²) in [5.74, 6) is 1.89. The van der Waals surface area contributed by atoms with Gasteiger partial charge >= 0.3 is 0 Å².